The Labute approximate surface area is 192 Å². The quantitative estimate of drug-likeness (QED) is 0.457. The summed E-state index contributed by atoms with van der Waals surface area (Å²) < 4.78 is 2.20. The third-order valence-corrected chi connectivity index (χ3v) is 7.73. The Morgan fingerprint density at radius 1 is 1.16 bits per heavy atom. The van der Waals surface area contributed by atoms with Gasteiger partial charge in [0.2, 0.25) is 5.91 Å². The molecule has 0 bridgehead atoms. The zero-order valence-electron chi connectivity index (χ0n) is 18.0. The van der Waals surface area contributed by atoms with E-state index in [1.165, 1.54) is 41.5 Å². The number of thioether (sulfide) groups is 1. The summed E-state index contributed by atoms with van der Waals surface area (Å²) in [4.78, 5) is 14.1. The fraction of sp³-hybridized carbons (Fsp3) is 0.458. The summed E-state index contributed by atoms with van der Waals surface area (Å²) in [6.45, 7) is 2.77. The smallest absolute Gasteiger partial charge is 0.233 e. The lowest BCUT2D eigenvalue weighted by molar-refractivity contribution is -0.121. The van der Waals surface area contributed by atoms with E-state index in [9.17, 15) is 4.79 Å². The Morgan fingerprint density at radius 3 is 2.71 bits per heavy atom. The van der Waals surface area contributed by atoms with Crippen LogP contribution >= 0.6 is 23.1 Å². The van der Waals surface area contributed by atoms with Crippen molar-refractivity contribution in [2.45, 2.75) is 74.9 Å². The van der Waals surface area contributed by atoms with E-state index >= 15 is 0 Å². The van der Waals surface area contributed by atoms with Gasteiger partial charge in [-0.05, 0) is 43.2 Å². The number of aromatic nitrogens is 3. The summed E-state index contributed by atoms with van der Waals surface area (Å²) >= 11 is 3.25. The lowest BCUT2D eigenvalue weighted by atomic mass is 9.95. The first-order valence-electron chi connectivity index (χ1n) is 11.1. The highest BCUT2D eigenvalue weighted by Crippen LogP contribution is 2.26. The largest absolute Gasteiger partial charge is 0.352 e. The number of carbonyl (C=O) groups excluding carboxylic acids is 1. The number of hydrogen-bond acceptors (Lipinski definition) is 5. The van der Waals surface area contributed by atoms with Gasteiger partial charge >= 0.3 is 0 Å². The van der Waals surface area contributed by atoms with Gasteiger partial charge in [0, 0.05) is 23.9 Å². The van der Waals surface area contributed by atoms with Gasteiger partial charge in [0.25, 0.3) is 0 Å². The van der Waals surface area contributed by atoms with Crippen molar-refractivity contribution in [3.63, 3.8) is 0 Å². The number of benzene rings is 1. The molecule has 1 aliphatic carbocycles. The van der Waals surface area contributed by atoms with Crippen LogP contribution in [0.3, 0.4) is 0 Å². The molecule has 2 aromatic heterocycles. The van der Waals surface area contributed by atoms with Crippen molar-refractivity contribution in [2.24, 2.45) is 0 Å². The fourth-order valence-electron chi connectivity index (χ4n) is 3.99. The average molecular weight is 455 g/mol. The van der Waals surface area contributed by atoms with Gasteiger partial charge in [-0.3, -0.25) is 4.79 Å². The van der Waals surface area contributed by atoms with E-state index in [1.54, 1.807) is 11.3 Å². The van der Waals surface area contributed by atoms with Crippen LogP contribution in [-0.4, -0.2) is 32.0 Å². The lowest BCUT2D eigenvalue weighted by Crippen LogP contribution is -2.40. The van der Waals surface area contributed by atoms with E-state index in [-0.39, 0.29) is 11.2 Å². The Balaban J connectivity index is 1.46. The number of rotatable bonds is 9. The molecule has 7 heteroatoms. The van der Waals surface area contributed by atoms with Crippen LogP contribution in [0.25, 0.3) is 0 Å². The van der Waals surface area contributed by atoms with Crippen LogP contribution in [0.2, 0.25) is 0 Å². The van der Waals surface area contributed by atoms with E-state index < -0.39 is 0 Å². The van der Waals surface area contributed by atoms with E-state index in [0.29, 0.717) is 6.04 Å². The first-order chi connectivity index (χ1) is 15.2. The predicted molar refractivity (Wildman–Crippen MR) is 128 cm³/mol. The lowest BCUT2D eigenvalue weighted by Gasteiger charge is -2.24. The van der Waals surface area contributed by atoms with Crippen LogP contribution in [0.1, 0.15) is 55.3 Å². The molecule has 1 fully saturated rings. The topological polar surface area (TPSA) is 59.8 Å². The van der Waals surface area contributed by atoms with Crippen molar-refractivity contribution in [3.05, 3.63) is 64.1 Å². The molecule has 0 saturated heterocycles. The van der Waals surface area contributed by atoms with E-state index in [0.717, 1.165) is 43.2 Å². The zero-order chi connectivity index (χ0) is 21.5. The maximum Gasteiger partial charge on any atom is 0.233 e. The fourth-order valence-corrected chi connectivity index (χ4v) is 5.60. The third kappa shape index (κ3) is 6.20. The second-order valence-electron chi connectivity index (χ2n) is 8.15. The van der Waals surface area contributed by atoms with Gasteiger partial charge < -0.3 is 9.88 Å². The molecular weight excluding hydrogens is 424 g/mol. The minimum Gasteiger partial charge on any atom is -0.352 e. The second-order valence-corrected chi connectivity index (χ2v) is 10.5. The highest BCUT2D eigenvalue weighted by Gasteiger charge is 2.23. The van der Waals surface area contributed by atoms with E-state index in [4.69, 9.17) is 0 Å². The highest BCUT2D eigenvalue weighted by molar-refractivity contribution is 8.00. The Kier molecular flexibility index (Phi) is 7.81. The van der Waals surface area contributed by atoms with Crippen LogP contribution < -0.4 is 5.32 Å². The van der Waals surface area contributed by atoms with Gasteiger partial charge in [0.1, 0.15) is 5.82 Å². The van der Waals surface area contributed by atoms with Crippen molar-refractivity contribution in [1.82, 2.24) is 20.1 Å². The number of aryl methyl sites for hydroxylation is 1. The SMILES string of the molecule is CC(Sc1nnc(Cc2cccs2)n1CCc1ccccc1)C(=O)NC1CCCCC1. The summed E-state index contributed by atoms with van der Waals surface area (Å²) in [5.41, 5.74) is 1.29. The number of amides is 1. The number of carbonyl (C=O) groups is 1. The average Bonchev–Trinajstić information content (AvgIpc) is 3.44. The van der Waals surface area contributed by atoms with Crippen LogP contribution in [0.5, 0.6) is 0 Å². The van der Waals surface area contributed by atoms with E-state index in [1.807, 2.05) is 13.0 Å². The molecule has 2 heterocycles. The number of nitrogens with zero attached hydrogens (tertiary/aromatic N) is 3. The molecule has 4 rings (SSSR count). The van der Waals surface area contributed by atoms with Crippen molar-refractivity contribution in [2.75, 3.05) is 0 Å². The number of thiophene rings is 1. The molecule has 1 aromatic carbocycles. The minimum atomic E-state index is -0.198. The second kappa shape index (κ2) is 11.0. The highest BCUT2D eigenvalue weighted by atomic mass is 32.2. The van der Waals surface area contributed by atoms with Gasteiger partial charge in [-0.1, -0.05) is 67.4 Å². The van der Waals surface area contributed by atoms with Crippen LogP contribution in [0.15, 0.2) is 53.0 Å². The summed E-state index contributed by atoms with van der Waals surface area (Å²) in [5, 5.41) is 14.9. The third-order valence-electron chi connectivity index (χ3n) is 5.78. The molecule has 1 aliphatic rings. The molecule has 1 amide bonds. The van der Waals surface area contributed by atoms with Crippen molar-refractivity contribution in [3.8, 4) is 0 Å². The summed E-state index contributed by atoms with van der Waals surface area (Å²) in [6, 6.07) is 15.0. The van der Waals surface area contributed by atoms with Crippen molar-refractivity contribution in [1.29, 1.82) is 0 Å². The van der Waals surface area contributed by atoms with Gasteiger partial charge in [-0.2, -0.15) is 0 Å². The molecule has 164 valence electrons. The van der Waals surface area contributed by atoms with Gasteiger partial charge in [0.05, 0.1) is 5.25 Å². The van der Waals surface area contributed by atoms with Crippen molar-refractivity contribution >= 4 is 29.0 Å². The van der Waals surface area contributed by atoms with Crippen LogP contribution in [-0.2, 0) is 24.2 Å². The number of nitrogens with one attached hydrogen (secondary N) is 1. The summed E-state index contributed by atoms with van der Waals surface area (Å²) in [5.74, 6) is 1.06. The standard InChI is InChI=1S/C24H30N4OS2/c1-18(23(29)25-20-11-6-3-7-12-20)31-24-27-26-22(17-21-13-8-16-30-21)28(24)15-14-19-9-4-2-5-10-19/h2,4-5,8-10,13,16,18,20H,3,6-7,11-12,14-15,17H2,1H3,(H,25,29). The van der Waals surface area contributed by atoms with Gasteiger partial charge in [-0.25, -0.2) is 0 Å². The van der Waals surface area contributed by atoms with E-state index in [2.05, 4.69) is 61.9 Å². The Hall–Kier alpha value is -2.12. The summed E-state index contributed by atoms with van der Waals surface area (Å²) in [7, 11) is 0. The van der Waals surface area contributed by atoms with Gasteiger partial charge in [-0.15, -0.1) is 21.5 Å². The molecule has 0 spiro atoms. The first-order valence-corrected chi connectivity index (χ1v) is 12.9. The molecule has 0 aliphatic heterocycles. The Bertz CT molecular complexity index is 949. The molecule has 1 N–H and O–H groups in total. The van der Waals surface area contributed by atoms with Crippen molar-refractivity contribution < 1.29 is 4.79 Å². The van der Waals surface area contributed by atoms with Crippen LogP contribution in [0.4, 0.5) is 0 Å². The predicted octanol–water partition coefficient (Wildman–Crippen LogP) is 5.10. The van der Waals surface area contributed by atoms with Gasteiger partial charge in [0.15, 0.2) is 5.16 Å². The maximum absolute atomic E-state index is 12.8. The molecule has 3 aromatic rings. The maximum atomic E-state index is 12.8. The molecule has 5 nitrogen and oxygen atoms in total. The molecule has 1 atom stereocenters. The number of hydrogen-bond donors (Lipinski definition) is 1. The normalized spacial score (nSPS) is 15.6. The first kappa shape index (κ1) is 22.1. The minimum absolute atomic E-state index is 0.106. The molecule has 0 radical (unpaired) electrons. The zero-order valence-corrected chi connectivity index (χ0v) is 19.6. The van der Waals surface area contributed by atoms with Crippen LogP contribution in [0, 0.1) is 0 Å². The molecular formula is C24H30N4OS2. The summed E-state index contributed by atoms with van der Waals surface area (Å²) in [6.07, 6.45) is 7.59. The molecule has 1 saturated carbocycles. The monoisotopic (exact) mass is 454 g/mol. The molecule has 31 heavy (non-hydrogen) atoms. The Morgan fingerprint density at radius 2 is 1.97 bits per heavy atom. The molecule has 1 unspecified atom stereocenters.